The Morgan fingerprint density at radius 2 is 2.33 bits per heavy atom. The lowest BCUT2D eigenvalue weighted by atomic mass is 10.2. The summed E-state index contributed by atoms with van der Waals surface area (Å²) in [5, 5.41) is 2.81. The van der Waals surface area contributed by atoms with Gasteiger partial charge in [0.25, 0.3) is 5.91 Å². The average Bonchev–Trinajstić information content (AvgIpc) is 3.22. The van der Waals surface area contributed by atoms with Crippen molar-refractivity contribution in [2.45, 2.75) is 18.9 Å². The van der Waals surface area contributed by atoms with E-state index < -0.39 is 0 Å². The van der Waals surface area contributed by atoms with Crippen LogP contribution < -0.4 is 11.1 Å². The van der Waals surface area contributed by atoms with Crippen molar-refractivity contribution < 1.29 is 4.79 Å². The quantitative estimate of drug-likeness (QED) is 0.842. The molecule has 1 fully saturated rings. The maximum absolute atomic E-state index is 12.3. The minimum Gasteiger partial charge on any atom is -0.340 e. The molecule has 0 saturated heterocycles. The van der Waals surface area contributed by atoms with E-state index in [-0.39, 0.29) is 5.91 Å². The highest BCUT2D eigenvalue weighted by molar-refractivity contribution is 6.02. The highest BCUT2D eigenvalue weighted by Gasteiger charge is 2.26. The topological polar surface area (TPSA) is 72.9 Å². The van der Waals surface area contributed by atoms with Crippen LogP contribution >= 0.6 is 0 Å². The Labute approximate surface area is 123 Å². The molecule has 0 atom stereocenters. The van der Waals surface area contributed by atoms with E-state index in [4.69, 9.17) is 5.73 Å². The fraction of sp³-hybridized carbons (Fsp3) is 0.250. The molecule has 106 valence electrons. The number of amides is 1. The van der Waals surface area contributed by atoms with Crippen molar-refractivity contribution in [3.05, 3.63) is 47.9 Å². The third kappa shape index (κ3) is 3.12. The van der Waals surface area contributed by atoms with Gasteiger partial charge in [0.2, 0.25) is 0 Å². The number of aromatic nitrogens is 2. The third-order valence-corrected chi connectivity index (χ3v) is 3.29. The van der Waals surface area contributed by atoms with Crippen LogP contribution in [0, 0.1) is 11.8 Å². The van der Waals surface area contributed by atoms with Gasteiger partial charge in [0, 0.05) is 24.0 Å². The summed E-state index contributed by atoms with van der Waals surface area (Å²) < 4.78 is 2.02. The van der Waals surface area contributed by atoms with Gasteiger partial charge in [-0.3, -0.25) is 4.79 Å². The summed E-state index contributed by atoms with van der Waals surface area (Å²) >= 11 is 0. The number of carbonyl (C=O) groups is 1. The molecule has 5 nitrogen and oxygen atoms in total. The molecule has 1 amide bonds. The molecule has 1 aliphatic carbocycles. The number of nitrogens with one attached hydrogen (secondary N) is 1. The molecule has 0 aliphatic heterocycles. The van der Waals surface area contributed by atoms with Crippen molar-refractivity contribution in [3.8, 4) is 11.8 Å². The second-order valence-corrected chi connectivity index (χ2v) is 4.92. The Morgan fingerprint density at radius 1 is 1.48 bits per heavy atom. The number of rotatable bonds is 3. The predicted molar refractivity (Wildman–Crippen MR) is 80.8 cm³/mol. The lowest BCUT2D eigenvalue weighted by Gasteiger charge is -2.08. The van der Waals surface area contributed by atoms with E-state index in [1.54, 1.807) is 18.3 Å². The van der Waals surface area contributed by atoms with Gasteiger partial charge in [-0.05, 0) is 37.1 Å². The molecule has 1 saturated carbocycles. The lowest BCUT2D eigenvalue weighted by molar-refractivity contribution is 0.101. The number of nitrogens with zero attached hydrogens (tertiary/aromatic N) is 2. The summed E-state index contributed by atoms with van der Waals surface area (Å²) in [5.41, 5.74) is 6.79. The fourth-order valence-corrected chi connectivity index (χ4v) is 2.17. The van der Waals surface area contributed by atoms with E-state index in [1.807, 2.05) is 22.9 Å². The van der Waals surface area contributed by atoms with E-state index in [2.05, 4.69) is 22.1 Å². The van der Waals surface area contributed by atoms with E-state index in [0.29, 0.717) is 24.1 Å². The Balaban J connectivity index is 1.76. The summed E-state index contributed by atoms with van der Waals surface area (Å²) in [6, 6.07) is 7.71. The summed E-state index contributed by atoms with van der Waals surface area (Å²) in [6.45, 7) is 0.304. The van der Waals surface area contributed by atoms with Crippen molar-refractivity contribution in [2.75, 3.05) is 11.9 Å². The van der Waals surface area contributed by atoms with Crippen molar-refractivity contribution in [3.63, 3.8) is 0 Å². The number of hydrogen-bond acceptors (Lipinski definition) is 3. The van der Waals surface area contributed by atoms with Crippen LogP contribution in [-0.4, -0.2) is 22.0 Å². The number of nitrogens with two attached hydrogens (primary N) is 1. The van der Waals surface area contributed by atoms with Gasteiger partial charge in [-0.25, -0.2) is 4.98 Å². The highest BCUT2D eigenvalue weighted by Crippen LogP contribution is 2.36. The molecule has 2 heterocycles. The Bertz CT molecular complexity index is 719. The predicted octanol–water partition coefficient (Wildman–Crippen LogP) is 1.78. The summed E-state index contributed by atoms with van der Waals surface area (Å²) in [4.78, 5) is 16.5. The minimum atomic E-state index is -0.150. The first-order valence-corrected chi connectivity index (χ1v) is 6.91. The first-order chi connectivity index (χ1) is 10.3. The van der Waals surface area contributed by atoms with Gasteiger partial charge in [-0.15, -0.1) is 0 Å². The molecule has 0 unspecified atom stereocenters. The maximum atomic E-state index is 12.3. The molecule has 2 aromatic rings. The Kier molecular flexibility index (Phi) is 3.71. The molecule has 5 heteroatoms. The van der Waals surface area contributed by atoms with Crippen molar-refractivity contribution in [1.29, 1.82) is 0 Å². The first kappa shape index (κ1) is 13.4. The van der Waals surface area contributed by atoms with E-state index in [1.165, 1.54) is 0 Å². The molecule has 0 aromatic carbocycles. The first-order valence-electron chi connectivity index (χ1n) is 6.91. The molecule has 2 aromatic heterocycles. The van der Waals surface area contributed by atoms with Crippen LogP contribution in [0.3, 0.4) is 0 Å². The van der Waals surface area contributed by atoms with Crippen LogP contribution in [0.2, 0.25) is 0 Å². The monoisotopic (exact) mass is 280 g/mol. The number of carbonyl (C=O) groups excluding carboxylic acids is 1. The zero-order valence-corrected chi connectivity index (χ0v) is 11.5. The van der Waals surface area contributed by atoms with Crippen LogP contribution in [0.1, 0.15) is 34.9 Å². The van der Waals surface area contributed by atoms with Gasteiger partial charge in [-0.2, -0.15) is 0 Å². The number of pyridine rings is 1. The SMILES string of the molecule is NCC#Cc1ccnc(NC(=O)c2cccn2C2CC2)c1. The summed E-state index contributed by atoms with van der Waals surface area (Å²) in [5.74, 6) is 6.04. The summed E-state index contributed by atoms with van der Waals surface area (Å²) in [6.07, 6.45) is 5.84. The zero-order chi connectivity index (χ0) is 14.7. The largest absolute Gasteiger partial charge is 0.340 e. The molecule has 0 bridgehead atoms. The van der Waals surface area contributed by atoms with E-state index in [0.717, 1.165) is 18.4 Å². The smallest absolute Gasteiger partial charge is 0.273 e. The van der Waals surface area contributed by atoms with E-state index >= 15 is 0 Å². The van der Waals surface area contributed by atoms with E-state index in [9.17, 15) is 4.79 Å². The second kappa shape index (κ2) is 5.81. The van der Waals surface area contributed by atoms with Crippen LogP contribution in [0.15, 0.2) is 36.7 Å². The van der Waals surface area contributed by atoms with Crippen molar-refractivity contribution in [1.82, 2.24) is 9.55 Å². The molecule has 0 spiro atoms. The van der Waals surface area contributed by atoms with Crippen LogP contribution in [-0.2, 0) is 0 Å². The standard InChI is InChI=1S/C16H16N4O/c17-8-1-3-12-7-9-18-15(11-12)19-16(21)14-4-2-10-20(14)13-5-6-13/h2,4,7,9-11,13H,5-6,8,17H2,(H,18,19,21). The molecular weight excluding hydrogens is 264 g/mol. The Hall–Kier alpha value is -2.58. The third-order valence-electron chi connectivity index (χ3n) is 3.29. The number of anilines is 1. The van der Waals surface area contributed by atoms with Gasteiger partial charge in [0.05, 0.1) is 6.54 Å². The molecular formula is C16H16N4O. The van der Waals surface area contributed by atoms with Gasteiger partial charge in [0.1, 0.15) is 11.5 Å². The highest BCUT2D eigenvalue weighted by atomic mass is 16.2. The van der Waals surface area contributed by atoms with Crippen LogP contribution in [0.25, 0.3) is 0 Å². The fourth-order valence-electron chi connectivity index (χ4n) is 2.17. The molecule has 3 rings (SSSR count). The van der Waals surface area contributed by atoms with Gasteiger partial charge < -0.3 is 15.6 Å². The van der Waals surface area contributed by atoms with Crippen molar-refractivity contribution >= 4 is 11.7 Å². The molecule has 3 N–H and O–H groups in total. The maximum Gasteiger partial charge on any atom is 0.273 e. The molecule has 0 radical (unpaired) electrons. The van der Waals surface area contributed by atoms with Crippen LogP contribution in [0.5, 0.6) is 0 Å². The lowest BCUT2D eigenvalue weighted by Crippen LogP contribution is -2.17. The Morgan fingerprint density at radius 3 is 3.10 bits per heavy atom. The number of hydrogen-bond donors (Lipinski definition) is 2. The van der Waals surface area contributed by atoms with Crippen LogP contribution in [0.4, 0.5) is 5.82 Å². The second-order valence-electron chi connectivity index (χ2n) is 4.92. The van der Waals surface area contributed by atoms with Gasteiger partial charge >= 0.3 is 0 Å². The molecule has 21 heavy (non-hydrogen) atoms. The normalized spacial score (nSPS) is 13.4. The van der Waals surface area contributed by atoms with Gasteiger partial charge in [-0.1, -0.05) is 11.8 Å². The minimum absolute atomic E-state index is 0.150. The average molecular weight is 280 g/mol. The summed E-state index contributed by atoms with van der Waals surface area (Å²) in [7, 11) is 0. The van der Waals surface area contributed by atoms with Gasteiger partial charge in [0.15, 0.2) is 0 Å². The van der Waals surface area contributed by atoms with Crippen molar-refractivity contribution in [2.24, 2.45) is 5.73 Å². The molecule has 1 aliphatic rings. The zero-order valence-electron chi connectivity index (χ0n) is 11.5.